The second kappa shape index (κ2) is 2.51. The standard InChI is InChI=1S/C5H8N2O2S/c6-4(9)3-2(8)1-7-5(3)10/h2-3,8H,1H2,(H2,6,9)(H,7,10). The third kappa shape index (κ3) is 1.10. The number of hydrogen-bond donors (Lipinski definition) is 3. The summed E-state index contributed by atoms with van der Waals surface area (Å²) < 4.78 is 0. The van der Waals surface area contributed by atoms with Crippen molar-refractivity contribution in [3.8, 4) is 0 Å². The molecule has 1 aliphatic heterocycles. The maximum Gasteiger partial charge on any atom is 0.230 e. The van der Waals surface area contributed by atoms with Crippen LogP contribution in [0.15, 0.2) is 0 Å². The average Bonchev–Trinajstić information content (AvgIpc) is 2.11. The van der Waals surface area contributed by atoms with Crippen LogP contribution < -0.4 is 11.1 Å². The number of amides is 1. The van der Waals surface area contributed by atoms with E-state index in [0.29, 0.717) is 11.5 Å². The molecule has 1 amide bonds. The highest BCUT2D eigenvalue weighted by atomic mass is 32.1. The Hall–Kier alpha value is -0.680. The average molecular weight is 160 g/mol. The van der Waals surface area contributed by atoms with Crippen molar-refractivity contribution in [3.63, 3.8) is 0 Å². The Bertz CT molecular complexity index is 182. The number of rotatable bonds is 1. The van der Waals surface area contributed by atoms with Crippen LogP contribution in [-0.2, 0) is 4.79 Å². The molecule has 0 aliphatic carbocycles. The molecule has 10 heavy (non-hydrogen) atoms. The first-order chi connectivity index (χ1) is 4.63. The van der Waals surface area contributed by atoms with Crippen molar-refractivity contribution in [1.29, 1.82) is 0 Å². The zero-order valence-electron chi connectivity index (χ0n) is 5.20. The van der Waals surface area contributed by atoms with Crippen molar-refractivity contribution < 1.29 is 9.90 Å². The van der Waals surface area contributed by atoms with E-state index in [2.05, 4.69) is 5.32 Å². The van der Waals surface area contributed by atoms with Crippen molar-refractivity contribution in [3.05, 3.63) is 0 Å². The fourth-order valence-electron chi connectivity index (χ4n) is 0.927. The number of nitrogens with one attached hydrogen (secondary N) is 1. The minimum Gasteiger partial charge on any atom is -0.390 e. The Kier molecular flexibility index (Phi) is 1.87. The molecule has 5 heteroatoms. The van der Waals surface area contributed by atoms with Crippen molar-refractivity contribution in [1.82, 2.24) is 5.32 Å². The third-order valence-electron chi connectivity index (χ3n) is 1.46. The van der Waals surface area contributed by atoms with Gasteiger partial charge in [0, 0.05) is 6.54 Å². The van der Waals surface area contributed by atoms with Crippen LogP contribution in [0, 0.1) is 5.92 Å². The van der Waals surface area contributed by atoms with Crippen molar-refractivity contribution in [2.75, 3.05) is 6.54 Å². The Balaban J connectivity index is 2.72. The number of hydrogen-bond acceptors (Lipinski definition) is 3. The topological polar surface area (TPSA) is 75.4 Å². The molecular weight excluding hydrogens is 152 g/mol. The highest BCUT2D eigenvalue weighted by Crippen LogP contribution is 2.10. The van der Waals surface area contributed by atoms with Gasteiger partial charge in [-0.3, -0.25) is 4.79 Å². The van der Waals surface area contributed by atoms with Crippen LogP contribution in [0.1, 0.15) is 0 Å². The van der Waals surface area contributed by atoms with Crippen LogP contribution in [0.25, 0.3) is 0 Å². The van der Waals surface area contributed by atoms with Gasteiger partial charge in [0.15, 0.2) is 0 Å². The molecule has 2 unspecified atom stereocenters. The van der Waals surface area contributed by atoms with E-state index in [1.165, 1.54) is 0 Å². The summed E-state index contributed by atoms with van der Waals surface area (Å²) in [5, 5.41) is 11.8. The van der Waals surface area contributed by atoms with Crippen molar-refractivity contribution in [2.24, 2.45) is 11.7 Å². The van der Waals surface area contributed by atoms with E-state index < -0.39 is 17.9 Å². The van der Waals surface area contributed by atoms with E-state index in [4.69, 9.17) is 23.1 Å². The molecular formula is C5H8N2O2S. The van der Waals surface area contributed by atoms with Crippen LogP contribution in [0.3, 0.4) is 0 Å². The Morgan fingerprint density at radius 1 is 1.90 bits per heavy atom. The van der Waals surface area contributed by atoms with Gasteiger partial charge in [0.25, 0.3) is 0 Å². The summed E-state index contributed by atoms with van der Waals surface area (Å²) in [5.74, 6) is -1.25. The summed E-state index contributed by atoms with van der Waals surface area (Å²) in [7, 11) is 0. The molecule has 0 saturated carbocycles. The maximum absolute atomic E-state index is 10.6. The predicted octanol–water partition coefficient (Wildman–Crippen LogP) is -1.62. The smallest absolute Gasteiger partial charge is 0.230 e. The molecule has 1 fully saturated rings. The van der Waals surface area contributed by atoms with E-state index in [1.54, 1.807) is 0 Å². The molecule has 2 atom stereocenters. The van der Waals surface area contributed by atoms with Gasteiger partial charge < -0.3 is 16.2 Å². The van der Waals surface area contributed by atoms with E-state index in [-0.39, 0.29) is 0 Å². The molecule has 1 saturated heterocycles. The normalized spacial score (nSPS) is 31.9. The zero-order chi connectivity index (χ0) is 7.72. The van der Waals surface area contributed by atoms with E-state index in [9.17, 15) is 4.79 Å². The molecule has 0 spiro atoms. The number of aliphatic hydroxyl groups excluding tert-OH is 1. The quantitative estimate of drug-likeness (QED) is 0.403. The molecule has 0 aromatic rings. The summed E-state index contributed by atoms with van der Waals surface area (Å²) in [6.07, 6.45) is -0.745. The summed E-state index contributed by atoms with van der Waals surface area (Å²) in [4.78, 5) is 10.9. The van der Waals surface area contributed by atoms with Crippen molar-refractivity contribution >= 4 is 23.1 Å². The maximum atomic E-state index is 10.6. The molecule has 0 aromatic carbocycles. The fourth-order valence-corrected chi connectivity index (χ4v) is 1.28. The lowest BCUT2D eigenvalue weighted by Crippen LogP contribution is -2.34. The number of carbonyl (C=O) groups excluding carboxylic acids is 1. The highest BCUT2D eigenvalue weighted by molar-refractivity contribution is 7.80. The number of thiocarbonyl (C=S) groups is 1. The van der Waals surface area contributed by atoms with E-state index in [0.717, 1.165) is 0 Å². The minimum absolute atomic E-state index is 0.326. The first-order valence-corrected chi connectivity index (χ1v) is 3.29. The van der Waals surface area contributed by atoms with Gasteiger partial charge in [0.1, 0.15) is 5.92 Å². The highest BCUT2D eigenvalue weighted by Gasteiger charge is 2.34. The number of β-amino-alcohol motifs (C(OH)–C–C–N with tert-alkyl or cyclic N) is 1. The minimum atomic E-state index is -0.745. The van der Waals surface area contributed by atoms with Gasteiger partial charge in [-0.05, 0) is 0 Å². The summed E-state index contributed by atoms with van der Waals surface area (Å²) in [6, 6.07) is 0. The molecule has 0 aromatic heterocycles. The number of carbonyl (C=O) groups is 1. The molecule has 0 radical (unpaired) electrons. The summed E-state index contributed by atoms with van der Waals surface area (Å²) in [6.45, 7) is 0.326. The monoisotopic (exact) mass is 160 g/mol. The SMILES string of the molecule is NC(=O)C1C(=S)NCC1O. The lowest BCUT2D eigenvalue weighted by Gasteiger charge is -2.06. The van der Waals surface area contributed by atoms with Crippen molar-refractivity contribution in [2.45, 2.75) is 6.10 Å². The zero-order valence-corrected chi connectivity index (χ0v) is 6.02. The van der Waals surface area contributed by atoms with Crippen LogP contribution in [0.5, 0.6) is 0 Å². The van der Waals surface area contributed by atoms with Crippen LogP contribution in [-0.4, -0.2) is 28.7 Å². The number of nitrogens with two attached hydrogens (primary N) is 1. The largest absolute Gasteiger partial charge is 0.390 e. The van der Waals surface area contributed by atoms with Crippen LogP contribution in [0.2, 0.25) is 0 Å². The lowest BCUT2D eigenvalue weighted by molar-refractivity contribution is -0.121. The fraction of sp³-hybridized carbons (Fsp3) is 0.600. The second-order valence-corrected chi connectivity index (χ2v) is 2.63. The predicted molar refractivity (Wildman–Crippen MR) is 39.3 cm³/mol. The number of aliphatic hydroxyl groups is 1. The van der Waals surface area contributed by atoms with Crippen LogP contribution >= 0.6 is 12.2 Å². The van der Waals surface area contributed by atoms with Gasteiger partial charge >= 0.3 is 0 Å². The van der Waals surface area contributed by atoms with Gasteiger partial charge in [-0.25, -0.2) is 0 Å². The number of primary amides is 1. The first kappa shape index (κ1) is 7.43. The summed E-state index contributed by atoms with van der Waals surface area (Å²) >= 11 is 4.72. The third-order valence-corrected chi connectivity index (χ3v) is 1.86. The molecule has 56 valence electrons. The van der Waals surface area contributed by atoms with Gasteiger partial charge in [-0.2, -0.15) is 0 Å². The Morgan fingerprint density at radius 3 is 2.70 bits per heavy atom. The van der Waals surface area contributed by atoms with Gasteiger partial charge in [0.2, 0.25) is 5.91 Å². The molecule has 1 rings (SSSR count). The van der Waals surface area contributed by atoms with Crippen LogP contribution in [0.4, 0.5) is 0 Å². The lowest BCUT2D eigenvalue weighted by atomic mass is 10.1. The van der Waals surface area contributed by atoms with E-state index in [1.807, 2.05) is 0 Å². The van der Waals surface area contributed by atoms with Gasteiger partial charge in [-0.1, -0.05) is 12.2 Å². The van der Waals surface area contributed by atoms with Gasteiger partial charge in [-0.15, -0.1) is 0 Å². The molecule has 4 nitrogen and oxygen atoms in total. The Morgan fingerprint density at radius 2 is 2.50 bits per heavy atom. The van der Waals surface area contributed by atoms with E-state index >= 15 is 0 Å². The molecule has 0 bridgehead atoms. The first-order valence-electron chi connectivity index (χ1n) is 2.88. The molecule has 1 aliphatic rings. The van der Waals surface area contributed by atoms with Gasteiger partial charge in [0.05, 0.1) is 11.1 Å². The Labute approximate surface area is 63.4 Å². The second-order valence-electron chi connectivity index (χ2n) is 2.19. The molecule has 4 N–H and O–H groups in total. The molecule has 1 heterocycles. The summed E-state index contributed by atoms with van der Waals surface area (Å²) in [5.41, 5.74) is 4.95.